The molecule has 3 aromatic rings. The van der Waals surface area contributed by atoms with Crippen LogP contribution >= 0.6 is 0 Å². The van der Waals surface area contributed by atoms with Gasteiger partial charge in [-0.2, -0.15) is 0 Å². The van der Waals surface area contributed by atoms with E-state index in [0.29, 0.717) is 5.89 Å². The third-order valence-electron chi connectivity index (χ3n) is 2.88. The average molecular weight is 223 g/mol. The molecule has 0 radical (unpaired) electrons. The second-order valence-electron chi connectivity index (χ2n) is 4.28. The molecule has 0 spiro atoms. The van der Waals surface area contributed by atoms with Crippen LogP contribution in [-0.4, -0.2) is 4.98 Å². The van der Waals surface area contributed by atoms with Gasteiger partial charge in [0, 0.05) is 6.92 Å². The van der Waals surface area contributed by atoms with Crippen LogP contribution in [0.15, 0.2) is 46.9 Å². The van der Waals surface area contributed by atoms with Crippen molar-refractivity contribution < 1.29 is 4.42 Å². The lowest BCUT2D eigenvalue weighted by Gasteiger charge is -2.01. The number of oxazole rings is 1. The molecule has 2 nitrogen and oxygen atoms in total. The van der Waals surface area contributed by atoms with Crippen molar-refractivity contribution in [3.8, 4) is 11.1 Å². The normalized spacial score (nSPS) is 10.9. The minimum atomic E-state index is 0.709. The first-order chi connectivity index (χ1) is 8.22. The van der Waals surface area contributed by atoms with Crippen molar-refractivity contribution in [1.29, 1.82) is 0 Å². The minimum Gasteiger partial charge on any atom is -0.441 e. The summed E-state index contributed by atoms with van der Waals surface area (Å²) in [6.45, 7) is 3.96. The van der Waals surface area contributed by atoms with Crippen molar-refractivity contribution in [3.05, 3.63) is 53.9 Å². The molecule has 0 bridgehead atoms. The summed E-state index contributed by atoms with van der Waals surface area (Å²) >= 11 is 0. The molecule has 17 heavy (non-hydrogen) atoms. The average Bonchev–Trinajstić information content (AvgIpc) is 2.69. The van der Waals surface area contributed by atoms with Gasteiger partial charge in [-0.3, -0.25) is 0 Å². The first-order valence-corrected chi connectivity index (χ1v) is 5.66. The molecule has 1 aromatic heterocycles. The summed E-state index contributed by atoms with van der Waals surface area (Å²) in [5, 5.41) is 0. The highest BCUT2D eigenvalue weighted by atomic mass is 16.3. The molecule has 84 valence electrons. The van der Waals surface area contributed by atoms with Crippen molar-refractivity contribution in [2.75, 3.05) is 0 Å². The van der Waals surface area contributed by atoms with E-state index >= 15 is 0 Å². The molecule has 0 aliphatic heterocycles. The monoisotopic (exact) mass is 223 g/mol. The summed E-state index contributed by atoms with van der Waals surface area (Å²) in [6.07, 6.45) is 0. The number of rotatable bonds is 1. The van der Waals surface area contributed by atoms with Gasteiger partial charge in [0.05, 0.1) is 0 Å². The molecule has 0 fully saturated rings. The summed E-state index contributed by atoms with van der Waals surface area (Å²) in [5.41, 5.74) is 5.39. The summed E-state index contributed by atoms with van der Waals surface area (Å²) in [5.74, 6) is 0.709. The largest absolute Gasteiger partial charge is 0.441 e. The van der Waals surface area contributed by atoms with Crippen molar-refractivity contribution in [1.82, 2.24) is 4.98 Å². The Kier molecular flexibility index (Phi) is 2.22. The number of hydrogen-bond donors (Lipinski definition) is 0. The maximum absolute atomic E-state index is 5.54. The van der Waals surface area contributed by atoms with E-state index in [2.05, 4.69) is 42.2 Å². The molecule has 0 aliphatic carbocycles. The van der Waals surface area contributed by atoms with Crippen molar-refractivity contribution >= 4 is 11.1 Å². The highest BCUT2D eigenvalue weighted by Gasteiger charge is 2.04. The molecule has 0 saturated carbocycles. The number of aromatic nitrogens is 1. The maximum Gasteiger partial charge on any atom is 0.192 e. The molecule has 0 aliphatic rings. The predicted molar refractivity (Wildman–Crippen MR) is 68.9 cm³/mol. The SMILES string of the molecule is Cc1ccc(-c2ccc3nc(C)oc3c2)cc1. The van der Waals surface area contributed by atoms with E-state index in [0.717, 1.165) is 16.7 Å². The van der Waals surface area contributed by atoms with Gasteiger partial charge in [-0.25, -0.2) is 4.98 Å². The van der Waals surface area contributed by atoms with Gasteiger partial charge in [-0.05, 0) is 30.2 Å². The molecule has 0 amide bonds. The molecule has 0 unspecified atom stereocenters. The Morgan fingerprint density at radius 2 is 1.59 bits per heavy atom. The molecule has 0 atom stereocenters. The third kappa shape index (κ3) is 1.82. The number of benzene rings is 2. The van der Waals surface area contributed by atoms with Crippen LogP contribution in [0, 0.1) is 13.8 Å². The Labute approximate surface area is 99.9 Å². The zero-order chi connectivity index (χ0) is 11.8. The van der Waals surface area contributed by atoms with Crippen LogP contribution in [0.25, 0.3) is 22.2 Å². The zero-order valence-corrected chi connectivity index (χ0v) is 9.90. The van der Waals surface area contributed by atoms with Crippen LogP contribution in [0.4, 0.5) is 0 Å². The highest BCUT2D eigenvalue weighted by Crippen LogP contribution is 2.25. The summed E-state index contributed by atoms with van der Waals surface area (Å²) in [7, 11) is 0. The first-order valence-electron chi connectivity index (χ1n) is 5.66. The van der Waals surface area contributed by atoms with Crippen molar-refractivity contribution in [2.24, 2.45) is 0 Å². The van der Waals surface area contributed by atoms with E-state index in [9.17, 15) is 0 Å². The molecule has 1 heterocycles. The number of nitrogens with zero attached hydrogens (tertiary/aromatic N) is 1. The van der Waals surface area contributed by atoms with Crippen LogP contribution in [0.3, 0.4) is 0 Å². The van der Waals surface area contributed by atoms with Gasteiger partial charge in [0.2, 0.25) is 0 Å². The third-order valence-corrected chi connectivity index (χ3v) is 2.88. The second kappa shape index (κ2) is 3.74. The van der Waals surface area contributed by atoms with E-state index in [1.54, 1.807) is 0 Å². The predicted octanol–water partition coefficient (Wildman–Crippen LogP) is 4.11. The standard InChI is InChI=1S/C15H13NO/c1-10-3-5-12(6-4-10)13-7-8-14-15(9-13)17-11(2)16-14/h3-9H,1-2H3. The Bertz CT molecular complexity index is 665. The van der Waals surface area contributed by atoms with Gasteiger partial charge < -0.3 is 4.42 Å². The molecule has 0 saturated heterocycles. The topological polar surface area (TPSA) is 26.0 Å². The van der Waals surface area contributed by atoms with Crippen LogP contribution < -0.4 is 0 Å². The van der Waals surface area contributed by atoms with Crippen molar-refractivity contribution in [2.45, 2.75) is 13.8 Å². The number of aryl methyl sites for hydroxylation is 2. The van der Waals surface area contributed by atoms with E-state index in [4.69, 9.17) is 4.42 Å². The van der Waals surface area contributed by atoms with Gasteiger partial charge in [-0.15, -0.1) is 0 Å². The van der Waals surface area contributed by atoms with Gasteiger partial charge in [-0.1, -0.05) is 35.9 Å². The van der Waals surface area contributed by atoms with Crippen LogP contribution in [0.1, 0.15) is 11.5 Å². The molecule has 2 heteroatoms. The fraction of sp³-hybridized carbons (Fsp3) is 0.133. The Morgan fingerprint density at radius 1 is 0.882 bits per heavy atom. The van der Waals surface area contributed by atoms with E-state index in [1.165, 1.54) is 11.1 Å². The van der Waals surface area contributed by atoms with Gasteiger partial charge in [0.25, 0.3) is 0 Å². The Morgan fingerprint density at radius 3 is 2.35 bits per heavy atom. The van der Waals surface area contributed by atoms with Gasteiger partial charge in [0.15, 0.2) is 11.5 Å². The fourth-order valence-corrected chi connectivity index (χ4v) is 1.97. The molecule has 2 aromatic carbocycles. The summed E-state index contributed by atoms with van der Waals surface area (Å²) < 4.78 is 5.54. The van der Waals surface area contributed by atoms with E-state index < -0.39 is 0 Å². The van der Waals surface area contributed by atoms with Crippen molar-refractivity contribution in [3.63, 3.8) is 0 Å². The maximum atomic E-state index is 5.54. The summed E-state index contributed by atoms with van der Waals surface area (Å²) in [6, 6.07) is 14.6. The van der Waals surface area contributed by atoms with E-state index in [1.807, 2.05) is 19.1 Å². The second-order valence-corrected chi connectivity index (χ2v) is 4.28. The van der Waals surface area contributed by atoms with Crippen LogP contribution in [0.2, 0.25) is 0 Å². The number of fused-ring (bicyclic) bond motifs is 1. The zero-order valence-electron chi connectivity index (χ0n) is 9.90. The lowest BCUT2D eigenvalue weighted by Crippen LogP contribution is -1.78. The van der Waals surface area contributed by atoms with Gasteiger partial charge >= 0.3 is 0 Å². The Hall–Kier alpha value is -2.09. The summed E-state index contributed by atoms with van der Waals surface area (Å²) in [4.78, 5) is 4.30. The number of hydrogen-bond acceptors (Lipinski definition) is 2. The molecular weight excluding hydrogens is 210 g/mol. The highest BCUT2D eigenvalue weighted by molar-refractivity contribution is 5.80. The quantitative estimate of drug-likeness (QED) is 0.620. The van der Waals surface area contributed by atoms with E-state index in [-0.39, 0.29) is 0 Å². The molecular formula is C15H13NO. The Balaban J connectivity index is 2.13. The molecule has 3 rings (SSSR count). The first kappa shape index (κ1) is 10.1. The lowest BCUT2D eigenvalue weighted by atomic mass is 10.0. The lowest BCUT2D eigenvalue weighted by molar-refractivity contribution is 0.561. The van der Waals surface area contributed by atoms with Gasteiger partial charge in [0.1, 0.15) is 5.52 Å². The molecule has 0 N–H and O–H groups in total. The van der Waals surface area contributed by atoms with Crippen LogP contribution in [-0.2, 0) is 0 Å². The smallest absolute Gasteiger partial charge is 0.192 e. The minimum absolute atomic E-state index is 0.709. The fourth-order valence-electron chi connectivity index (χ4n) is 1.97. The van der Waals surface area contributed by atoms with Crippen LogP contribution in [0.5, 0.6) is 0 Å².